The zero-order chi connectivity index (χ0) is 19.4. The maximum Gasteiger partial charge on any atom is 0.173 e. The first-order chi connectivity index (χ1) is 11.7. The zero-order valence-corrected chi connectivity index (χ0v) is 20.2. The van der Waals surface area contributed by atoms with Gasteiger partial charge in [-0.25, -0.2) is 0 Å². The summed E-state index contributed by atoms with van der Waals surface area (Å²) in [6.07, 6.45) is 4.63. The molecular formula is C19H44O4Si2. The molecule has 0 rings (SSSR count). The summed E-state index contributed by atoms with van der Waals surface area (Å²) in [6, 6.07) is 2.45. The van der Waals surface area contributed by atoms with Gasteiger partial charge in [-0.15, -0.1) is 0 Å². The van der Waals surface area contributed by atoms with Crippen molar-refractivity contribution in [3.63, 3.8) is 0 Å². The molecule has 0 aliphatic carbocycles. The second-order valence-corrected chi connectivity index (χ2v) is 17.5. The number of methoxy groups -OCH3 is 2. The van der Waals surface area contributed by atoms with Gasteiger partial charge in [-0.2, -0.15) is 0 Å². The van der Waals surface area contributed by atoms with Crippen LogP contribution in [-0.4, -0.2) is 57.3 Å². The molecule has 0 spiro atoms. The van der Waals surface area contributed by atoms with E-state index in [9.17, 15) is 0 Å². The van der Waals surface area contributed by atoms with Gasteiger partial charge in [-0.3, -0.25) is 0 Å². The van der Waals surface area contributed by atoms with Gasteiger partial charge in [-0.05, 0) is 51.1 Å². The molecule has 0 saturated heterocycles. The van der Waals surface area contributed by atoms with Gasteiger partial charge in [0.15, 0.2) is 16.6 Å². The molecular weight excluding hydrogens is 348 g/mol. The van der Waals surface area contributed by atoms with Crippen molar-refractivity contribution >= 4 is 16.6 Å². The standard InChI is InChI=1S/C19H44O4Si2/c1-9-11-14-24(5,6)23-25(7,8)15-12-13-22-18-19(10-2,16-20-3)17-21-4/h9-18H2,1-8H3. The second kappa shape index (κ2) is 12.6. The lowest BCUT2D eigenvalue weighted by molar-refractivity contribution is -0.0521. The van der Waals surface area contributed by atoms with E-state index in [2.05, 4.69) is 40.0 Å². The van der Waals surface area contributed by atoms with E-state index in [1.54, 1.807) is 14.2 Å². The van der Waals surface area contributed by atoms with Crippen molar-refractivity contribution in [2.75, 3.05) is 40.6 Å². The molecule has 0 N–H and O–H groups in total. The van der Waals surface area contributed by atoms with Gasteiger partial charge in [0.2, 0.25) is 0 Å². The number of hydrogen-bond acceptors (Lipinski definition) is 4. The minimum absolute atomic E-state index is 0.0258. The molecule has 4 nitrogen and oxygen atoms in total. The van der Waals surface area contributed by atoms with E-state index in [1.165, 1.54) is 24.9 Å². The van der Waals surface area contributed by atoms with E-state index >= 15 is 0 Å². The van der Waals surface area contributed by atoms with Crippen LogP contribution in [0.1, 0.15) is 39.5 Å². The molecule has 0 aromatic heterocycles. The van der Waals surface area contributed by atoms with Crippen LogP contribution < -0.4 is 0 Å². The smallest absolute Gasteiger partial charge is 0.173 e. The highest BCUT2D eigenvalue weighted by Crippen LogP contribution is 2.26. The molecule has 6 heteroatoms. The fourth-order valence-corrected chi connectivity index (χ4v) is 12.4. The predicted octanol–water partition coefficient (Wildman–Crippen LogP) is 5.31. The summed E-state index contributed by atoms with van der Waals surface area (Å²) in [6.45, 7) is 16.8. The Bertz CT molecular complexity index is 329. The van der Waals surface area contributed by atoms with Crippen molar-refractivity contribution < 1.29 is 18.3 Å². The molecule has 152 valence electrons. The van der Waals surface area contributed by atoms with Gasteiger partial charge in [0.25, 0.3) is 0 Å². The van der Waals surface area contributed by atoms with Crippen molar-refractivity contribution in [1.82, 2.24) is 0 Å². The summed E-state index contributed by atoms with van der Waals surface area (Å²) in [7, 11) is 0.403. The first-order valence-corrected chi connectivity index (χ1v) is 16.1. The van der Waals surface area contributed by atoms with Crippen molar-refractivity contribution in [1.29, 1.82) is 0 Å². The monoisotopic (exact) mass is 392 g/mol. The fraction of sp³-hybridized carbons (Fsp3) is 1.00. The van der Waals surface area contributed by atoms with Crippen LogP contribution in [0.15, 0.2) is 0 Å². The van der Waals surface area contributed by atoms with E-state index in [1.807, 2.05) is 0 Å². The fourth-order valence-electron chi connectivity index (χ4n) is 3.38. The normalized spacial score (nSPS) is 13.4. The molecule has 0 unspecified atom stereocenters. The maximum absolute atomic E-state index is 6.66. The van der Waals surface area contributed by atoms with E-state index < -0.39 is 16.6 Å². The number of hydrogen-bond donors (Lipinski definition) is 0. The van der Waals surface area contributed by atoms with Gasteiger partial charge in [0.05, 0.1) is 19.8 Å². The summed E-state index contributed by atoms with van der Waals surface area (Å²) in [5.74, 6) is 0. The molecule has 0 aliphatic heterocycles. The molecule has 0 amide bonds. The van der Waals surface area contributed by atoms with Crippen LogP contribution in [0.4, 0.5) is 0 Å². The van der Waals surface area contributed by atoms with Crippen molar-refractivity contribution in [2.24, 2.45) is 5.41 Å². The first-order valence-electron chi connectivity index (χ1n) is 9.91. The van der Waals surface area contributed by atoms with Crippen LogP contribution in [0.2, 0.25) is 38.3 Å². The Labute approximate surface area is 159 Å². The first kappa shape index (κ1) is 25.3. The third-order valence-electron chi connectivity index (χ3n) is 4.81. The zero-order valence-electron chi connectivity index (χ0n) is 18.2. The lowest BCUT2D eigenvalue weighted by atomic mass is 9.88. The third-order valence-corrected chi connectivity index (χ3v) is 12.3. The third kappa shape index (κ3) is 11.6. The molecule has 0 fully saturated rings. The lowest BCUT2D eigenvalue weighted by Crippen LogP contribution is -2.44. The van der Waals surface area contributed by atoms with Crippen LogP contribution in [0.5, 0.6) is 0 Å². The molecule has 0 aliphatic rings. The van der Waals surface area contributed by atoms with Gasteiger partial charge < -0.3 is 18.3 Å². The van der Waals surface area contributed by atoms with E-state index in [0.717, 1.165) is 19.4 Å². The Hall–Kier alpha value is 0.274. The second-order valence-electron chi connectivity index (χ2n) is 8.60. The SMILES string of the molecule is CCCC[Si](C)(C)O[Si](C)(C)CCCOCC(CC)(COC)COC. The van der Waals surface area contributed by atoms with Gasteiger partial charge in [0.1, 0.15) is 0 Å². The summed E-state index contributed by atoms with van der Waals surface area (Å²) in [5, 5.41) is 0. The maximum atomic E-state index is 6.66. The quantitative estimate of drug-likeness (QED) is 0.263. The van der Waals surface area contributed by atoms with E-state index in [4.69, 9.17) is 18.3 Å². The van der Waals surface area contributed by atoms with Crippen molar-refractivity contribution in [3.8, 4) is 0 Å². The van der Waals surface area contributed by atoms with E-state index in [-0.39, 0.29) is 5.41 Å². The van der Waals surface area contributed by atoms with Gasteiger partial charge >= 0.3 is 0 Å². The molecule has 0 atom stereocenters. The van der Waals surface area contributed by atoms with Crippen LogP contribution in [0.3, 0.4) is 0 Å². The minimum atomic E-state index is -1.59. The molecule has 0 radical (unpaired) electrons. The van der Waals surface area contributed by atoms with Crippen molar-refractivity contribution in [2.45, 2.75) is 77.8 Å². The number of rotatable bonds is 16. The molecule has 0 aromatic rings. The molecule has 0 saturated carbocycles. The largest absolute Gasteiger partial charge is 0.455 e. The Morgan fingerprint density at radius 2 is 1.28 bits per heavy atom. The van der Waals surface area contributed by atoms with Crippen molar-refractivity contribution in [3.05, 3.63) is 0 Å². The number of unbranched alkanes of at least 4 members (excludes halogenated alkanes) is 1. The Balaban J connectivity index is 4.23. The summed E-state index contributed by atoms with van der Waals surface area (Å²) in [4.78, 5) is 0. The predicted molar refractivity (Wildman–Crippen MR) is 112 cm³/mol. The number of ether oxygens (including phenoxy) is 3. The molecule has 0 bridgehead atoms. The van der Waals surface area contributed by atoms with Crippen LogP contribution in [0, 0.1) is 5.41 Å². The average molecular weight is 393 g/mol. The van der Waals surface area contributed by atoms with E-state index in [0.29, 0.717) is 19.8 Å². The summed E-state index contributed by atoms with van der Waals surface area (Å²) in [5.41, 5.74) is -0.0258. The Kier molecular flexibility index (Phi) is 12.8. The summed E-state index contributed by atoms with van der Waals surface area (Å²) < 4.78 is 23.4. The Morgan fingerprint density at radius 3 is 1.72 bits per heavy atom. The summed E-state index contributed by atoms with van der Waals surface area (Å²) >= 11 is 0. The minimum Gasteiger partial charge on any atom is -0.455 e. The average Bonchev–Trinajstić information content (AvgIpc) is 2.51. The highest BCUT2D eigenvalue weighted by Gasteiger charge is 2.32. The van der Waals surface area contributed by atoms with Gasteiger partial charge in [-0.1, -0.05) is 26.7 Å². The highest BCUT2D eigenvalue weighted by atomic mass is 28.4. The molecule has 0 aromatic carbocycles. The molecule has 0 heterocycles. The Morgan fingerprint density at radius 1 is 0.760 bits per heavy atom. The highest BCUT2D eigenvalue weighted by molar-refractivity contribution is 6.84. The van der Waals surface area contributed by atoms with Crippen LogP contribution in [-0.2, 0) is 18.3 Å². The van der Waals surface area contributed by atoms with Gasteiger partial charge in [0, 0.05) is 26.2 Å². The van der Waals surface area contributed by atoms with Crippen LogP contribution in [0.25, 0.3) is 0 Å². The molecule has 25 heavy (non-hydrogen) atoms. The lowest BCUT2D eigenvalue weighted by Gasteiger charge is -2.34. The van der Waals surface area contributed by atoms with Crippen LogP contribution >= 0.6 is 0 Å². The topological polar surface area (TPSA) is 36.9 Å².